The average Bonchev–Trinajstić information content (AvgIpc) is 2.50. The molecule has 0 heterocycles. The highest BCUT2D eigenvalue weighted by molar-refractivity contribution is 7.90. The number of nitrogens with zero attached hydrogens (tertiary/aromatic N) is 1. The highest BCUT2D eigenvalue weighted by Gasteiger charge is 2.19. The van der Waals surface area contributed by atoms with Gasteiger partial charge in [-0.1, -0.05) is 41.4 Å². The van der Waals surface area contributed by atoms with Crippen molar-refractivity contribution in [2.45, 2.75) is 16.4 Å². The minimum Gasteiger partial charge on any atom is -0.228 e. The molecule has 0 aliphatic rings. The highest BCUT2D eigenvalue weighted by atomic mass is 35.5. The molecule has 0 aromatic heterocycles. The fourth-order valence-corrected chi connectivity index (χ4v) is 4.96. The van der Waals surface area contributed by atoms with Crippen LogP contribution in [0.1, 0.15) is 11.1 Å². The Bertz CT molecular complexity index is 987. The van der Waals surface area contributed by atoms with E-state index >= 15 is 0 Å². The van der Waals surface area contributed by atoms with Crippen LogP contribution in [-0.2, 0) is 31.4 Å². The number of hydrogen-bond acceptors (Lipinski definition) is 4. The summed E-state index contributed by atoms with van der Waals surface area (Å²) in [5.41, 5.74) is 0.925. The summed E-state index contributed by atoms with van der Waals surface area (Å²) in [6.45, 7) is 0. The van der Waals surface area contributed by atoms with E-state index in [4.69, 9.17) is 23.2 Å². The molecule has 0 amide bonds. The molecule has 5 nitrogen and oxygen atoms in total. The predicted octanol–water partition coefficient (Wildman–Crippen LogP) is 3.36. The van der Waals surface area contributed by atoms with Crippen molar-refractivity contribution in [1.29, 1.82) is 0 Å². The Balaban J connectivity index is 2.25. The summed E-state index contributed by atoms with van der Waals surface area (Å²) in [6.07, 6.45) is 0. The topological polar surface area (TPSA) is 71.5 Å². The van der Waals surface area contributed by atoms with Gasteiger partial charge in [0.15, 0.2) is 9.84 Å². The molecule has 2 aromatic carbocycles. The van der Waals surface area contributed by atoms with E-state index < -0.39 is 19.9 Å². The Hall–Kier alpha value is -1.12. The monoisotopic (exact) mass is 421 g/mol. The second-order valence-electron chi connectivity index (χ2n) is 5.72. The Morgan fingerprint density at radius 1 is 0.840 bits per heavy atom. The van der Waals surface area contributed by atoms with Crippen LogP contribution in [0.3, 0.4) is 0 Å². The van der Waals surface area contributed by atoms with Crippen LogP contribution in [0.15, 0.2) is 47.4 Å². The standard InChI is InChI=1S/C16H17Cl2NO4S2/c1-19(2)25(22,23)14-5-3-4-12(8-14)10-24(20,21)11-13-6-7-15(17)16(18)9-13/h3-9H,10-11H2,1-2H3. The molecule has 0 spiro atoms. The normalized spacial score (nSPS) is 12.5. The zero-order valence-corrected chi connectivity index (χ0v) is 16.8. The maximum Gasteiger partial charge on any atom is 0.242 e. The molecule has 0 N–H and O–H groups in total. The summed E-state index contributed by atoms with van der Waals surface area (Å²) in [7, 11) is -4.29. The molecule has 0 radical (unpaired) electrons. The van der Waals surface area contributed by atoms with Gasteiger partial charge in [-0.15, -0.1) is 0 Å². The number of sulfonamides is 1. The number of halogens is 2. The van der Waals surface area contributed by atoms with Crippen LogP contribution in [0.4, 0.5) is 0 Å². The van der Waals surface area contributed by atoms with Crippen molar-refractivity contribution in [2.75, 3.05) is 14.1 Å². The van der Waals surface area contributed by atoms with E-state index in [1.807, 2.05) is 0 Å². The lowest BCUT2D eigenvalue weighted by molar-refractivity contribution is 0.520. The van der Waals surface area contributed by atoms with Crippen LogP contribution >= 0.6 is 23.2 Å². The van der Waals surface area contributed by atoms with Crippen molar-refractivity contribution in [3.63, 3.8) is 0 Å². The first-order valence-electron chi connectivity index (χ1n) is 7.17. The van der Waals surface area contributed by atoms with Gasteiger partial charge < -0.3 is 0 Å². The summed E-state index contributed by atoms with van der Waals surface area (Å²) >= 11 is 11.7. The van der Waals surface area contributed by atoms with Crippen molar-refractivity contribution in [3.05, 3.63) is 63.6 Å². The van der Waals surface area contributed by atoms with Gasteiger partial charge in [0, 0.05) is 14.1 Å². The van der Waals surface area contributed by atoms with Crippen molar-refractivity contribution in [2.24, 2.45) is 0 Å². The summed E-state index contributed by atoms with van der Waals surface area (Å²) in [5.74, 6) is -0.488. The number of hydrogen-bond donors (Lipinski definition) is 0. The summed E-state index contributed by atoms with van der Waals surface area (Å²) in [6, 6.07) is 10.6. The van der Waals surface area contributed by atoms with Crippen LogP contribution in [0.2, 0.25) is 10.0 Å². The van der Waals surface area contributed by atoms with Crippen molar-refractivity contribution in [3.8, 4) is 0 Å². The zero-order chi connectivity index (χ0) is 18.8. The number of sulfone groups is 1. The smallest absolute Gasteiger partial charge is 0.228 e. The van der Waals surface area contributed by atoms with Crippen molar-refractivity contribution < 1.29 is 16.8 Å². The van der Waals surface area contributed by atoms with E-state index in [9.17, 15) is 16.8 Å². The molecular weight excluding hydrogens is 405 g/mol. The lowest BCUT2D eigenvalue weighted by Gasteiger charge is -2.12. The average molecular weight is 422 g/mol. The van der Waals surface area contributed by atoms with E-state index in [1.165, 1.54) is 38.4 Å². The largest absolute Gasteiger partial charge is 0.242 e. The summed E-state index contributed by atoms with van der Waals surface area (Å²) in [4.78, 5) is 0.0553. The molecule has 2 rings (SSSR count). The van der Waals surface area contributed by atoms with Gasteiger partial charge in [-0.2, -0.15) is 0 Å². The summed E-state index contributed by atoms with van der Waals surface area (Å²) < 4.78 is 50.2. The van der Waals surface area contributed by atoms with Crippen LogP contribution < -0.4 is 0 Å². The highest BCUT2D eigenvalue weighted by Crippen LogP contribution is 2.24. The van der Waals surface area contributed by atoms with E-state index in [2.05, 4.69) is 0 Å². The predicted molar refractivity (Wildman–Crippen MR) is 100 cm³/mol. The Morgan fingerprint density at radius 3 is 2.00 bits per heavy atom. The van der Waals surface area contributed by atoms with E-state index in [0.717, 1.165) is 4.31 Å². The lowest BCUT2D eigenvalue weighted by atomic mass is 10.2. The lowest BCUT2D eigenvalue weighted by Crippen LogP contribution is -2.22. The Kier molecular flexibility index (Phi) is 6.17. The van der Waals surface area contributed by atoms with Crippen LogP contribution in [0, 0.1) is 0 Å². The molecule has 136 valence electrons. The first-order valence-corrected chi connectivity index (χ1v) is 11.2. The third-order valence-electron chi connectivity index (χ3n) is 3.43. The van der Waals surface area contributed by atoms with E-state index in [-0.39, 0.29) is 21.4 Å². The van der Waals surface area contributed by atoms with Gasteiger partial charge in [0.2, 0.25) is 10.0 Å². The van der Waals surface area contributed by atoms with E-state index in [0.29, 0.717) is 16.1 Å². The number of benzene rings is 2. The molecule has 0 aliphatic heterocycles. The molecule has 0 saturated carbocycles. The second-order valence-corrected chi connectivity index (χ2v) is 10.7. The molecule has 2 aromatic rings. The summed E-state index contributed by atoms with van der Waals surface area (Å²) in [5, 5.41) is 0.637. The van der Waals surface area contributed by atoms with Crippen LogP contribution in [0.25, 0.3) is 0 Å². The molecule has 0 bridgehead atoms. The SMILES string of the molecule is CN(C)S(=O)(=O)c1cccc(CS(=O)(=O)Cc2ccc(Cl)c(Cl)c2)c1. The molecule has 25 heavy (non-hydrogen) atoms. The van der Waals surface area contributed by atoms with Gasteiger partial charge in [-0.3, -0.25) is 0 Å². The first kappa shape index (κ1) is 20.2. The van der Waals surface area contributed by atoms with Crippen LogP contribution in [0.5, 0.6) is 0 Å². The third-order valence-corrected chi connectivity index (χ3v) is 7.53. The maximum absolute atomic E-state index is 12.4. The minimum atomic E-state index is -3.62. The molecule has 0 aliphatic carbocycles. The van der Waals surface area contributed by atoms with E-state index in [1.54, 1.807) is 18.2 Å². The second kappa shape index (κ2) is 7.63. The fourth-order valence-electron chi connectivity index (χ4n) is 2.19. The first-order chi connectivity index (χ1) is 11.5. The maximum atomic E-state index is 12.4. The van der Waals surface area contributed by atoms with Gasteiger partial charge in [-0.25, -0.2) is 21.1 Å². The molecule has 0 atom stereocenters. The molecule has 9 heteroatoms. The minimum absolute atomic E-state index is 0.0553. The molecule has 0 fully saturated rings. The van der Waals surface area contributed by atoms with Crippen LogP contribution in [-0.4, -0.2) is 35.2 Å². The quantitative estimate of drug-likeness (QED) is 0.716. The molecule has 0 unspecified atom stereocenters. The fraction of sp³-hybridized carbons (Fsp3) is 0.250. The third kappa shape index (κ3) is 5.18. The van der Waals surface area contributed by atoms with Gasteiger partial charge in [-0.05, 0) is 35.4 Å². The Morgan fingerprint density at radius 2 is 1.44 bits per heavy atom. The Labute approximate surface area is 158 Å². The van der Waals surface area contributed by atoms with Gasteiger partial charge in [0.05, 0.1) is 26.4 Å². The van der Waals surface area contributed by atoms with Gasteiger partial charge >= 0.3 is 0 Å². The van der Waals surface area contributed by atoms with Gasteiger partial charge in [0.25, 0.3) is 0 Å². The van der Waals surface area contributed by atoms with Crippen molar-refractivity contribution >= 4 is 43.1 Å². The number of rotatable bonds is 6. The molecule has 0 saturated heterocycles. The molecular formula is C16H17Cl2NO4S2. The van der Waals surface area contributed by atoms with Crippen molar-refractivity contribution in [1.82, 2.24) is 4.31 Å². The zero-order valence-electron chi connectivity index (χ0n) is 13.6. The van der Waals surface area contributed by atoms with Gasteiger partial charge in [0.1, 0.15) is 0 Å².